The summed E-state index contributed by atoms with van der Waals surface area (Å²) in [4.78, 5) is -0.428. The van der Waals surface area contributed by atoms with Crippen molar-refractivity contribution in [1.82, 2.24) is 4.72 Å². The molecule has 7 heteroatoms. The van der Waals surface area contributed by atoms with E-state index >= 15 is 0 Å². The third kappa shape index (κ3) is 3.93. The average molecular weight is 310 g/mol. The van der Waals surface area contributed by atoms with Crippen molar-refractivity contribution in [2.24, 2.45) is 0 Å². The van der Waals surface area contributed by atoms with E-state index in [0.717, 1.165) is 17.7 Å². The molecule has 0 radical (unpaired) electrons. The number of aromatic hydroxyl groups is 1. The van der Waals surface area contributed by atoms with Crippen molar-refractivity contribution in [3.63, 3.8) is 0 Å². The second-order valence-corrected chi connectivity index (χ2v) is 6.24. The Bertz CT molecular complexity index is 730. The molecule has 0 saturated heterocycles. The van der Waals surface area contributed by atoms with Gasteiger partial charge in [0.15, 0.2) is 0 Å². The highest BCUT2D eigenvalue weighted by Gasteiger charge is 2.18. The fraction of sp³-hybridized carbons (Fsp3) is 0.143. The van der Waals surface area contributed by atoms with Gasteiger partial charge in [0, 0.05) is 12.2 Å². The second-order valence-electron chi connectivity index (χ2n) is 4.50. The molecule has 2 aromatic carbocycles. The first-order valence-corrected chi connectivity index (χ1v) is 7.69. The first-order chi connectivity index (χ1) is 9.88. The van der Waals surface area contributed by atoms with E-state index in [1.165, 1.54) is 18.2 Å². The summed E-state index contributed by atoms with van der Waals surface area (Å²) in [6.07, 6.45) is 0.427. The Kier molecular flexibility index (Phi) is 4.44. The molecule has 0 aliphatic carbocycles. The number of hydrogen-bond acceptors (Lipinski definition) is 4. The molecule has 5 nitrogen and oxygen atoms in total. The molecule has 0 amide bonds. The van der Waals surface area contributed by atoms with Crippen LogP contribution in [0.3, 0.4) is 0 Å². The van der Waals surface area contributed by atoms with Gasteiger partial charge in [-0.1, -0.05) is 12.1 Å². The molecule has 0 spiro atoms. The van der Waals surface area contributed by atoms with Crippen LogP contribution in [-0.4, -0.2) is 20.1 Å². The van der Waals surface area contributed by atoms with Gasteiger partial charge in [0.1, 0.15) is 16.5 Å². The molecule has 0 unspecified atom stereocenters. The number of nitrogen functional groups attached to an aromatic ring is 1. The molecule has 0 aliphatic heterocycles. The van der Waals surface area contributed by atoms with Crippen molar-refractivity contribution in [3.05, 3.63) is 53.8 Å². The van der Waals surface area contributed by atoms with Gasteiger partial charge in [-0.25, -0.2) is 17.5 Å². The summed E-state index contributed by atoms with van der Waals surface area (Å²) < 4.78 is 39.9. The molecule has 0 heterocycles. The number of rotatable bonds is 5. The fourth-order valence-electron chi connectivity index (χ4n) is 1.81. The number of sulfonamides is 1. The zero-order valence-corrected chi connectivity index (χ0v) is 11.9. The summed E-state index contributed by atoms with van der Waals surface area (Å²) in [6.45, 7) is 0.122. The van der Waals surface area contributed by atoms with Crippen LogP contribution in [0.4, 0.5) is 10.1 Å². The van der Waals surface area contributed by atoms with Crippen molar-refractivity contribution in [2.75, 3.05) is 12.3 Å². The number of anilines is 1. The lowest BCUT2D eigenvalue weighted by Gasteiger charge is -2.08. The van der Waals surface area contributed by atoms with E-state index in [4.69, 9.17) is 10.8 Å². The Morgan fingerprint density at radius 2 is 1.81 bits per heavy atom. The number of nitrogens with one attached hydrogen (secondary N) is 1. The van der Waals surface area contributed by atoms with Gasteiger partial charge in [-0.3, -0.25) is 0 Å². The van der Waals surface area contributed by atoms with E-state index in [1.807, 2.05) is 0 Å². The van der Waals surface area contributed by atoms with Gasteiger partial charge in [-0.15, -0.1) is 0 Å². The third-order valence-corrected chi connectivity index (χ3v) is 4.38. The molecule has 21 heavy (non-hydrogen) atoms. The lowest BCUT2D eigenvalue weighted by Crippen LogP contribution is -2.26. The van der Waals surface area contributed by atoms with Crippen molar-refractivity contribution in [2.45, 2.75) is 11.3 Å². The van der Waals surface area contributed by atoms with Gasteiger partial charge in [-0.2, -0.15) is 0 Å². The predicted molar refractivity (Wildman–Crippen MR) is 77.8 cm³/mol. The van der Waals surface area contributed by atoms with Crippen LogP contribution >= 0.6 is 0 Å². The maximum atomic E-state index is 13.6. The van der Waals surface area contributed by atoms with Crippen LogP contribution in [0.15, 0.2) is 47.4 Å². The maximum absolute atomic E-state index is 13.6. The molecular formula is C14H15FN2O3S. The van der Waals surface area contributed by atoms with Gasteiger partial charge >= 0.3 is 0 Å². The van der Waals surface area contributed by atoms with E-state index in [1.54, 1.807) is 12.1 Å². The van der Waals surface area contributed by atoms with Crippen LogP contribution in [-0.2, 0) is 16.4 Å². The SMILES string of the molecule is Nc1ccc(S(=O)(=O)NCCc2ccc(O)cc2)c(F)c1. The Hall–Kier alpha value is -2.12. The number of halogens is 1. The summed E-state index contributed by atoms with van der Waals surface area (Å²) in [6, 6.07) is 9.84. The van der Waals surface area contributed by atoms with Crippen molar-refractivity contribution < 1.29 is 17.9 Å². The van der Waals surface area contributed by atoms with E-state index in [-0.39, 0.29) is 18.0 Å². The van der Waals surface area contributed by atoms with Crippen molar-refractivity contribution in [1.29, 1.82) is 0 Å². The molecule has 0 saturated carbocycles. The second kappa shape index (κ2) is 6.11. The molecule has 4 N–H and O–H groups in total. The minimum Gasteiger partial charge on any atom is -0.508 e. The first-order valence-electron chi connectivity index (χ1n) is 6.21. The molecule has 0 aliphatic rings. The Morgan fingerprint density at radius 1 is 1.14 bits per heavy atom. The Morgan fingerprint density at radius 3 is 2.43 bits per heavy atom. The maximum Gasteiger partial charge on any atom is 0.243 e. The first kappa shape index (κ1) is 15.3. The van der Waals surface area contributed by atoms with Gasteiger partial charge in [0.05, 0.1) is 0 Å². The number of benzene rings is 2. The summed E-state index contributed by atoms with van der Waals surface area (Å²) >= 11 is 0. The minimum absolute atomic E-state index is 0.122. The molecular weight excluding hydrogens is 295 g/mol. The van der Waals surface area contributed by atoms with Gasteiger partial charge < -0.3 is 10.8 Å². The minimum atomic E-state index is -3.92. The van der Waals surface area contributed by atoms with Crippen LogP contribution in [0.2, 0.25) is 0 Å². The Balaban J connectivity index is 2.03. The lowest BCUT2D eigenvalue weighted by molar-refractivity contribution is 0.475. The summed E-state index contributed by atoms with van der Waals surface area (Å²) in [5.41, 5.74) is 6.40. The van der Waals surface area contributed by atoms with Gasteiger partial charge in [-0.05, 0) is 42.3 Å². The molecule has 0 atom stereocenters. The number of phenolic OH excluding ortho intramolecular Hbond substituents is 1. The van der Waals surface area contributed by atoms with Gasteiger partial charge in [0.25, 0.3) is 0 Å². The van der Waals surface area contributed by atoms with E-state index in [2.05, 4.69) is 4.72 Å². The molecule has 112 valence electrons. The van der Waals surface area contributed by atoms with Crippen LogP contribution in [0.1, 0.15) is 5.56 Å². The van der Waals surface area contributed by atoms with Crippen LogP contribution in [0, 0.1) is 5.82 Å². The van der Waals surface area contributed by atoms with E-state index in [0.29, 0.717) is 6.42 Å². The zero-order valence-electron chi connectivity index (χ0n) is 11.1. The number of phenols is 1. The molecule has 2 rings (SSSR count). The highest BCUT2D eigenvalue weighted by atomic mass is 32.2. The molecule has 0 bridgehead atoms. The van der Waals surface area contributed by atoms with Crippen LogP contribution in [0.5, 0.6) is 5.75 Å². The lowest BCUT2D eigenvalue weighted by atomic mass is 10.1. The van der Waals surface area contributed by atoms with E-state index in [9.17, 15) is 12.8 Å². The molecule has 0 aromatic heterocycles. The highest BCUT2D eigenvalue weighted by molar-refractivity contribution is 7.89. The predicted octanol–water partition coefficient (Wildman–Crippen LogP) is 1.63. The normalized spacial score (nSPS) is 11.5. The monoisotopic (exact) mass is 310 g/mol. The average Bonchev–Trinajstić information content (AvgIpc) is 2.40. The Labute approximate surface area is 122 Å². The smallest absolute Gasteiger partial charge is 0.243 e. The van der Waals surface area contributed by atoms with Crippen LogP contribution in [0.25, 0.3) is 0 Å². The van der Waals surface area contributed by atoms with Crippen molar-refractivity contribution in [3.8, 4) is 5.75 Å². The topological polar surface area (TPSA) is 92.4 Å². The quantitative estimate of drug-likeness (QED) is 0.732. The van der Waals surface area contributed by atoms with Crippen LogP contribution < -0.4 is 10.5 Å². The summed E-state index contributed by atoms with van der Waals surface area (Å²) in [5, 5.41) is 9.15. The third-order valence-electron chi connectivity index (χ3n) is 2.89. The van der Waals surface area contributed by atoms with E-state index < -0.39 is 20.7 Å². The highest BCUT2D eigenvalue weighted by Crippen LogP contribution is 2.17. The summed E-state index contributed by atoms with van der Waals surface area (Å²) in [5.74, 6) is -0.740. The fourth-order valence-corrected chi connectivity index (χ4v) is 2.89. The molecule has 0 fully saturated rings. The van der Waals surface area contributed by atoms with Crippen molar-refractivity contribution >= 4 is 15.7 Å². The number of nitrogens with two attached hydrogens (primary N) is 1. The summed E-state index contributed by atoms with van der Waals surface area (Å²) in [7, 11) is -3.92. The zero-order chi connectivity index (χ0) is 15.5. The standard InChI is InChI=1S/C14H15FN2O3S/c15-13-9-11(16)3-6-14(13)21(19,20)17-8-7-10-1-4-12(18)5-2-10/h1-6,9,17-18H,7-8,16H2. The largest absolute Gasteiger partial charge is 0.508 e. The number of hydrogen-bond donors (Lipinski definition) is 3. The molecule has 2 aromatic rings. The van der Waals surface area contributed by atoms with Gasteiger partial charge in [0.2, 0.25) is 10.0 Å².